The third kappa shape index (κ3) is 1.35. The molecule has 8 saturated carbocycles. The maximum atomic E-state index is 2.84. The van der Waals surface area contributed by atoms with E-state index in [-0.39, 0.29) is 0 Å². The van der Waals surface area contributed by atoms with Crippen molar-refractivity contribution in [3.05, 3.63) is 0 Å². The van der Waals surface area contributed by atoms with Crippen LogP contribution >= 0.6 is 0 Å². The highest BCUT2D eigenvalue weighted by Gasteiger charge is 2.68. The summed E-state index contributed by atoms with van der Waals surface area (Å²) in [7, 11) is 0. The largest absolute Gasteiger partial charge is 0.0617 e. The van der Waals surface area contributed by atoms with Crippen molar-refractivity contribution in [3.63, 3.8) is 0 Å². The molecule has 0 nitrogen and oxygen atoms in total. The summed E-state index contributed by atoms with van der Waals surface area (Å²) in [6, 6.07) is 0. The van der Waals surface area contributed by atoms with E-state index < -0.39 is 0 Å². The van der Waals surface area contributed by atoms with Crippen molar-refractivity contribution in [2.24, 2.45) is 58.2 Å². The van der Waals surface area contributed by atoms with Crippen LogP contribution in [0.15, 0.2) is 0 Å². The first kappa shape index (κ1) is 13.3. The summed E-state index contributed by atoms with van der Waals surface area (Å²) in [6.07, 6.45) is 16.2. The van der Waals surface area contributed by atoms with Gasteiger partial charge in [-0.15, -0.1) is 0 Å². The summed E-state index contributed by atoms with van der Waals surface area (Å²) in [4.78, 5) is 0. The molecule has 0 radical (unpaired) electrons. The van der Waals surface area contributed by atoms with Gasteiger partial charge in [0.1, 0.15) is 0 Å². The van der Waals surface area contributed by atoms with E-state index in [9.17, 15) is 0 Å². The van der Waals surface area contributed by atoms with Crippen LogP contribution in [-0.2, 0) is 0 Å². The van der Waals surface area contributed by atoms with E-state index in [1.165, 1.54) is 0 Å². The minimum atomic E-state index is 0.732. The van der Waals surface area contributed by atoms with Gasteiger partial charge in [-0.2, -0.15) is 0 Å². The molecule has 0 aromatic heterocycles. The van der Waals surface area contributed by atoms with E-state index in [4.69, 9.17) is 0 Å². The van der Waals surface area contributed by atoms with Crippen molar-refractivity contribution in [2.45, 2.75) is 78.1 Å². The third-order valence-electron chi connectivity index (χ3n) is 10.7. The standard InChI is InChI=1S/C22H34/c1-13-18-5-16-4-17(6-18)12-22(13,11-16)21(2)19-7-14-3-15(9-19)10-20(21)8-14/h13-20H,3-12H2,1-2H3. The van der Waals surface area contributed by atoms with E-state index in [0.29, 0.717) is 0 Å². The normalized spacial score (nSPS) is 67.9. The van der Waals surface area contributed by atoms with E-state index in [2.05, 4.69) is 13.8 Å². The molecule has 22 heavy (non-hydrogen) atoms. The fraction of sp³-hybridized carbons (Fsp3) is 1.00. The predicted octanol–water partition coefficient (Wildman–Crippen LogP) is 5.91. The molecular weight excluding hydrogens is 264 g/mol. The highest BCUT2D eigenvalue weighted by molar-refractivity contribution is 5.17. The van der Waals surface area contributed by atoms with Gasteiger partial charge in [0.15, 0.2) is 0 Å². The number of rotatable bonds is 1. The molecule has 0 aliphatic heterocycles. The van der Waals surface area contributed by atoms with Gasteiger partial charge in [-0.3, -0.25) is 0 Å². The molecule has 0 heteroatoms. The van der Waals surface area contributed by atoms with Crippen molar-refractivity contribution in [1.82, 2.24) is 0 Å². The van der Waals surface area contributed by atoms with Crippen LogP contribution in [0, 0.1) is 58.2 Å². The Kier molecular flexibility index (Phi) is 2.40. The van der Waals surface area contributed by atoms with Gasteiger partial charge in [0.25, 0.3) is 0 Å². The molecule has 8 fully saturated rings. The Bertz CT molecular complexity index is 460. The summed E-state index contributed by atoms with van der Waals surface area (Å²) in [6.45, 7) is 5.54. The summed E-state index contributed by atoms with van der Waals surface area (Å²) < 4.78 is 0. The Morgan fingerprint density at radius 1 is 0.636 bits per heavy atom. The van der Waals surface area contributed by atoms with Gasteiger partial charge >= 0.3 is 0 Å². The summed E-state index contributed by atoms with van der Waals surface area (Å²) >= 11 is 0. The van der Waals surface area contributed by atoms with Crippen molar-refractivity contribution in [2.75, 3.05) is 0 Å². The van der Waals surface area contributed by atoms with Gasteiger partial charge in [0.2, 0.25) is 0 Å². The lowest BCUT2D eigenvalue weighted by Crippen LogP contribution is -2.66. The fourth-order valence-electron chi connectivity index (χ4n) is 10.2. The predicted molar refractivity (Wildman–Crippen MR) is 90.3 cm³/mol. The Balaban J connectivity index is 1.47. The van der Waals surface area contributed by atoms with Crippen LogP contribution in [0.1, 0.15) is 78.1 Å². The SMILES string of the molecule is CC1C2CC3CC(C2)CC1(C1(C)C2CC4CC(C2)CC1C4)C3. The first-order chi connectivity index (χ1) is 10.6. The molecule has 0 heterocycles. The second kappa shape index (κ2) is 3.97. The highest BCUT2D eigenvalue weighted by atomic mass is 14.7. The molecule has 3 unspecified atom stereocenters. The average molecular weight is 299 g/mol. The monoisotopic (exact) mass is 298 g/mol. The summed E-state index contributed by atoms with van der Waals surface area (Å²) in [5, 5.41) is 0. The van der Waals surface area contributed by atoms with Crippen LogP contribution in [0.2, 0.25) is 0 Å². The molecule has 0 aromatic carbocycles. The van der Waals surface area contributed by atoms with Crippen LogP contribution in [0.4, 0.5) is 0 Å². The Labute approximate surface area is 136 Å². The Morgan fingerprint density at radius 2 is 1.14 bits per heavy atom. The molecule has 0 aromatic rings. The fourth-order valence-corrected chi connectivity index (χ4v) is 10.2. The topological polar surface area (TPSA) is 0 Å². The quantitative estimate of drug-likeness (QED) is 0.564. The average Bonchev–Trinajstić information content (AvgIpc) is 2.48. The molecule has 0 saturated heterocycles. The van der Waals surface area contributed by atoms with E-state index >= 15 is 0 Å². The lowest BCUT2D eigenvalue weighted by Gasteiger charge is -2.74. The van der Waals surface area contributed by atoms with Crippen LogP contribution < -0.4 is 0 Å². The van der Waals surface area contributed by atoms with Crippen molar-refractivity contribution in [1.29, 1.82) is 0 Å². The van der Waals surface area contributed by atoms with Crippen LogP contribution in [0.5, 0.6) is 0 Å². The van der Waals surface area contributed by atoms with E-state index in [1.54, 1.807) is 64.2 Å². The van der Waals surface area contributed by atoms with Gasteiger partial charge in [-0.25, -0.2) is 0 Å². The number of hydrogen-bond acceptors (Lipinski definition) is 0. The van der Waals surface area contributed by atoms with E-state index in [1.807, 2.05) is 0 Å². The second-order valence-corrected chi connectivity index (χ2v) is 11.1. The molecule has 8 bridgehead atoms. The zero-order valence-corrected chi connectivity index (χ0v) is 14.7. The molecule has 0 N–H and O–H groups in total. The van der Waals surface area contributed by atoms with Gasteiger partial charge in [0, 0.05) is 0 Å². The van der Waals surface area contributed by atoms with Crippen molar-refractivity contribution < 1.29 is 0 Å². The smallest absolute Gasteiger partial charge is 0.0205 e. The molecular formula is C22H34. The van der Waals surface area contributed by atoms with Crippen molar-refractivity contribution >= 4 is 0 Å². The van der Waals surface area contributed by atoms with Crippen LogP contribution in [0.25, 0.3) is 0 Å². The van der Waals surface area contributed by atoms with Gasteiger partial charge < -0.3 is 0 Å². The highest BCUT2D eigenvalue weighted by Crippen LogP contribution is 2.76. The lowest BCUT2D eigenvalue weighted by molar-refractivity contribution is -0.248. The maximum absolute atomic E-state index is 2.84. The zero-order valence-electron chi connectivity index (χ0n) is 14.7. The maximum Gasteiger partial charge on any atom is -0.0205 e. The first-order valence-electron chi connectivity index (χ1n) is 10.6. The summed E-state index contributed by atoms with van der Waals surface area (Å²) in [5.74, 6) is 8.91. The second-order valence-electron chi connectivity index (χ2n) is 11.1. The minimum Gasteiger partial charge on any atom is -0.0617 e. The molecule has 8 aliphatic rings. The third-order valence-corrected chi connectivity index (χ3v) is 10.7. The molecule has 8 rings (SSSR count). The molecule has 3 atom stereocenters. The van der Waals surface area contributed by atoms with Crippen LogP contribution in [0.3, 0.4) is 0 Å². The molecule has 0 spiro atoms. The molecule has 8 aliphatic carbocycles. The summed E-state index contributed by atoms with van der Waals surface area (Å²) in [5.41, 5.74) is 1.50. The lowest BCUT2D eigenvalue weighted by atomic mass is 9.31. The Morgan fingerprint density at radius 3 is 1.68 bits per heavy atom. The van der Waals surface area contributed by atoms with Crippen molar-refractivity contribution in [3.8, 4) is 0 Å². The first-order valence-corrected chi connectivity index (χ1v) is 10.6. The van der Waals surface area contributed by atoms with Crippen LogP contribution in [-0.4, -0.2) is 0 Å². The van der Waals surface area contributed by atoms with Gasteiger partial charge in [-0.1, -0.05) is 13.8 Å². The zero-order chi connectivity index (χ0) is 14.7. The van der Waals surface area contributed by atoms with Gasteiger partial charge in [-0.05, 0) is 122 Å². The Hall–Kier alpha value is 0. The minimum absolute atomic E-state index is 0.732. The van der Waals surface area contributed by atoms with E-state index in [0.717, 1.165) is 58.2 Å². The molecule has 122 valence electrons. The van der Waals surface area contributed by atoms with Gasteiger partial charge in [0.05, 0.1) is 0 Å². The molecule has 0 amide bonds. The number of hydrogen-bond donors (Lipinski definition) is 0.